The molecular weight excluding hydrogens is 308 g/mol. The predicted molar refractivity (Wildman–Crippen MR) is 97.8 cm³/mol. The number of aliphatic hydroxyl groups is 4. The van der Waals surface area contributed by atoms with Crippen molar-refractivity contribution in [3.05, 3.63) is 49.4 Å². The van der Waals surface area contributed by atoms with Crippen LogP contribution in [0.1, 0.15) is 44.9 Å². The average molecular weight is 340 g/mol. The Hall–Kier alpha value is -1.92. The second-order valence-electron chi connectivity index (χ2n) is 6.04. The van der Waals surface area contributed by atoms with Gasteiger partial charge in [0.15, 0.2) is 0 Å². The number of rotatable bonds is 13. The SMILES string of the molecule is NCCCCC(CC=CO)(CC=CO)C(N)(CC=CO)CC=CO. The van der Waals surface area contributed by atoms with Crippen molar-refractivity contribution in [3.63, 3.8) is 0 Å². The van der Waals surface area contributed by atoms with Gasteiger partial charge in [-0.3, -0.25) is 0 Å². The van der Waals surface area contributed by atoms with E-state index in [0.29, 0.717) is 32.2 Å². The van der Waals surface area contributed by atoms with Gasteiger partial charge in [-0.25, -0.2) is 0 Å². The summed E-state index contributed by atoms with van der Waals surface area (Å²) in [5, 5.41) is 36.4. The van der Waals surface area contributed by atoms with E-state index in [4.69, 9.17) is 31.9 Å². The lowest BCUT2D eigenvalue weighted by Gasteiger charge is -2.48. The molecule has 0 aliphatic rings. The third-order valence-corrected chi connectivity index (χ3v) is 4.57. The smallest absolute Gasteiger partial charge is 0.0752 e. The highest BCUT2D eigenvalue weighted by molar-refractivity contribution is 5.12. The van der Waals surface area contributed by atoms with Crippen LogP contribution in [0.4, 0.5) is 0 Å². The fraction of sp³-hybridized carbons (Fsp3) is 0.556. The average Bonchev–Trinajstić information content (AvgIpc) is 2.60. The van der Waals surface area contributed by atoms with Crippen LogP contribution in [0, 0.1) is 5.41 Å². The maximum absolute atomic E-state index is 9.13. The van der Waals surface area contributed by atoms with Gasteiger partial charge in [0, 0.05) is 5.54 Å². The molecule has 0 saturated carbocycles. The quantitative estimate of drug-likeness (QED) is 0.224. The van der Waals surface area contributed by atoms with Gasteiger partial charge in [0.2, 0.25) is 0 Å². The number of hydrogen-bond donors (Lipinski definition) is 6. The van der Waals surface area contributed by atoms with Gasteiger partial charge >= 0.3 is 0 Å². The zero-order chi connectivity index (χ0) is 18.3. The molecule has 0 atom stereocenters. The Morgan fingerprint density at radius 3 is 1.46 bits per heavy atom. The van der Waals surface area contributed by atoms with Gasteiger partial charge in [0.1, 0.15) is 0 Å². The van der Waals surface area contributed by atoms with Crippen LogP contribution in [0.25, 0.3) is 0 Å². The van der Waals surface area contributed by atoms with Crippen LogP contribution >= 0.6 is 0 Å². The highest BCUT2D eigenvalue weighted by atomic mass is 16.2. The standard InChI is InChI=1S/C18H32N2O4/c19-12-2-1-7-17(8-3-13-21,9-4-14-22)18(20,10-5-15-23)11-6-16-24/h3-6,13-16,21-24H,1-2,7-12,19-20H2. The maximum Gasteiger partial charge on any atom is 0.0752 e. The topological polar surface area (TPSA) is 133 Å². The molecule has 0 aromatic carbocycles. The fourth-order valence-electron chi connectivity index (χ4n) is 3.15. The summed E-state index contributed by atoms with van der Waals surface area (Å²) in [6.07, 6.45) is 14.5. The van der Waals surface area contributed by atoms with Crippen molar-refractivity contribution >= 4 is 0 Å². The van der Waals surface area contributed by atoms with Crippen molar-refractivity contribution in [2.24, 2.45) is 16.9 Å². The molecule has 0 unspecified atom stereocenters. The molecule has 24 heavy (non-hydrogen) atoms. The Morgan fingerprint density at radius 1 is 0.667 bits per heavy atom. The van der Waals surface area contributed by atoms with Crippen LogP contribution in [0.2, 0.25) is 0 Å². The minimum Gasteiger partial charge on any atom is -0.516 e. The number of hydrogen-bond acceptors (Lipinski definition) is 6. The Kier molecular flexibility index (Phi) is 11.5. The Balaban J connectivity index is 5.85. The van der Waals surface area contributed by atoms with Gasteiger partial charge in [0.05, 0.1) is 25.0 Å². The molecule has 0 bridgehead atoms. The summed E-state index contributed by atoms with van der Waals surface area (Å²) in [6.45, 7) is 0.576. The lowest BCUT2D eigenvalue weighted by molar-refractivity contribution is 0.106. The zero-order valence-electron chi connectivity index (χ0n) is 14.2. The van der Waals surface area contributed by atoms with E-state index in [1.165, 1.54) is 0 Å². The molecular formula is C18H32N2O4. The number of aliphatic hydroxyl groups excluding tert-OH is 4. The van der Waals surface area contributed by atoms with Crippen LogP contribution < -0.4 is 11.5 Å². The Labute approximate surface area is 144 Å². The van der Waals surface area contributed by atoms with E-state index in [0.717, 1.165) is 44.3 Å². The van der Waals surface area contributed by atoms with Gasteiger partial charge in [-0.2, -0.15) is 0 Å². The largest absolute Gasteiger partial charge is 0.516 e. The van der Waals surface area contributed by atoms with E-state index in [1.54, 1.807) is 24.3 Å². The number of nitrogens with two attached hydrogens (primary N) is 2. The number of unbranched alkanes of at least 4 members (excludes halogenated alkanes) is 1. The lowest BCUT2D eigenvalue weighted by Crippen LogP contribution is -2.55. The second-order valence-corrected chi connectivity index (χ2v) is 6.04. The fourth-order valence-corrected chi connectivity index (χ4v) is 3.15. The summed E-state index contributed by atoms with van der Waals surface area (Å²) >= 11 is 0. The van der Waals surface area contributed by atoms with Gasteiger partial charge in [-0.15, -0.1) is 0 Å². The zero-order valence-corrected chi connectivity index (χ0v) is 14.2. The first-order chi connectivity index (χ1) is 11.6. The van der Waals surface area contributed by atoms with E-state index in [2.05, 4.69) is 0 Å². The van der Waals surface area contributed by atoms with Crippen molar-refractivity contribution in [3.8, 4) is 0 Å². The Bertz CT molecular complexity index is 403. The Morgan fingerprint density at radius 2 is 1.08 bits per heavy atom. The van der Waals surface area contributed by atoms with Crippen molar-refractivity contribution in [1.82, 2.24) is 0 Å². The minimum atomic E-state index is -0.793. The van der Waals surface area contributed by atoms with Crippen LogP contribution in [-0.2, 0) is 0 Å². The molecule has 0 heterocycles. The summed E-state index contributed by atoms with van der Waals surface area (Å²) in [6, 6.07) is 0. The van der Waals surface area contributed by atoms with Crippen LogP contribution in [0.3, 0.4) is 0 Å². The van der Waals surface area contributed by atoms with Gasteiger partial charge in [-0.1, -0.05) is 6.42 Å². The predicted octanol–water partition coefficient (Wildman–Crippen LogP) is 3.65. The second kappa shape index (κ2) is 12.5. The molecule has 0 fully saturated rings. The van der Waals surface area contributed by atoms with Crippen molar-refractivity contribution in [1.29, 1.82) is 0 Å². The van der Waals surface area contributed by atoms with Crippen molar-refractivity contribution in [2.45, 2.75) is 50.5 Å². The summed E-state index contributed by atoms with van der Waals surface area (Å²) in [5.41, 5.74) is 11.0. The normalized spacial score (nSPS) is 17.9. The molecule has 0 aromatic heterocycles. The molecule has 0 amide bonds. The van der Waals surface area contributed by atoms with Crippen molar-refractivity contribution < 1.29 is 20.4 Å². The molecule has 0 aliphatic carbocycles. The molecule has 0 radical (unpaired) electrons. The van der Waals surface area contributed by atoms with E-state index in [9.17, 15) is 0 Å². The lowest BCUT2D eigenvalue weighted by atomic mass is 9.60. The summed E-state index contributed by atoms with van der Waals surface area (Å²) in [4.78, 5) is 0. The van der Waals surface area contributed by atoms with Crippen LogP contribution in [0.15, 0.2) is 49.4 Å². The molecule has 0 aliphatic heterocycles. The van der Waals surface area contributed by atoms with Crippen LogP contribution in [0.5, 0.6) is 0 Å². The summed E-state index contributed by atoms with van der Waals surface area (Å²) in [5.74, 6) is 0. The third-order valence-electron chi connectivity index (χ3n) is 4.57. The van der Waals surface area contributed by atoms with Crippen LogP contribution in [-0.4, -0.2) is 32.5 Å². The first-order valence-corrected chi connectivity index (χ1v) is 8.21. The maximum atomic E-state index is 9.13. The third kappa shape index (κ3) is 6.68. The van der Waals surface area contributed by atoms with Gasteiger partial charge in [-0.05, 0) is 74.8 Å². The first-order valence-electron chi connectivity index (χ1n) is 8.21. The summed E-state index contributed by atoms with van der Waals surface area (Å²) in [7, 11) is 0. The molecule has 6 nitrogen and oxygen atoms in total. The molecule has 0 aromatic rings. The van der Waals surface area contributed by atoms with E-state index in [-0.39, 0.29) is 0 Å². The molecule has 8 N–H and O–H groups in total. The van der Waals surface area contributed by atoms with E-state index >= 15 is 0 Å². The van der Waals surface area contributed by atoms with E-state index < -0.39 is 11.0 Å². The highest BCUT2D eigenvalue weighted by Gasteiger charge is 2.45. The highest BCUT2D eigenvalue weighted by Crippen LogP contribution is 2.46. The van der Waals surface area contributed by atoms with Gasteiger partial charge in [0.25, 0.3) is 0 Å². The first kappa shape index (κ1) is 22.1. The monoisotopic (exact) mass is 340 g/mol. The molecule has 138 valence electrons. The molecule has 0 rings (SSSR count). The summed E-state index contributed by atoms with van der Waals surface area (Å²) < 4.78 is 0. The number of allylic oxidation sites excluding steroid dienone is 2. The van der Waals surface area contributed by atoms with E-state index in [1.807, 2.05) is 0 Å². The molecule has 0 saturated heterocycles. The molecule has 0 spiro atoms. The minimum absolute atomic E-state index is 0.384. The van der Waals surface area contributed by atoms with Crippen molar-refractivity contribution in [2.75, 3.05) is 6.54 Å². The molecule has 6 heteroatoms. The van der Waals surface area contributed by atoms with Gasteiger partial charge < -0.3 is 31.9 Å².